The molecule has 4 aromatic carbocycles. The van der Waals surface area contributed by atoms with Crippen LogP contribution in [0.3, 0.4) is 0 Å². The van der Waals surface area contributed by atoms with Crippen molar-refractivity contribution in [2.45, 2.75) is 37.5 Å². The smallest absolute Gasteiger partial charge is 0.0192 e. The van der Waals surface area contributed by atoms with Crippen molar-refractivity contribution in [3.8, 4) is 44.8 Å². The summed E-state index contributed by atoms with van der Waals surface area (Å²) in [7, 11) is 0. The Hall–Kier alpha value is -3.82. The molecule has 0 fully saturated rings. The summed E-state index contributed by atoms with van der Waals surface area (Å²) in [6.45, 7) is 8.43. The normalized spacial score (nSPS) is 11.0. The fraction of sp³-hybridized carbons (Fsp3) is 0.105. The molecule has 0 N–H and O–H groups in total. The van der Waals surface area contributed by atoms with Gasteiger partial charge in [-0.15, -0.1) is 71.4 Å². The van der Waals surface area contributed by atoms with Crippen LogP contribution in [0, 0.1) is 39.8 Å². The molecule has 42 heavy (non-hydrogen) atoms. The van der Waals surface area contributed by atoms with Gasteiger partial charge in [0.25, 0.3) is 0 Å². The third-order valence-corrected chi connectivity index (χ3v) is 8.53. The van der Waals surface area contributed by atoms with Crippen LogP contribution in [0.15, 0.2) is 119 Å². The Morgan fingerprint density at radius 1 is 0.571 bits per heavy atom. The van der Waals surface area contributed by atoms with E-state index >= 15 is 0 Å². The summed E-state index contributed by atoms with van der Waals surface area (Å²) in [4.78, 5) is 11.5. The van der Waals surface area contributed by atoms with Crippen molar-refractivity contribution in [2.75, 3.05) is 0 Å². The second-order valence-corrected chi connectivity index (χ2v) is 11.5. The number of rotatable bonds is 2. The third kappa shape index (κ3) is 6.17. The van der Waals surface area contributed by atoms with Crippen molar-refractivity contribution in [2.24, 2.45) is 0 Å². The Morgan fingerprint density at radius 2 is 1.36 bits per heavy atom. The zero-order valence-corrected chi connectivity index (χ0v) is 27.2. The van der Waals surface area contributed by atoms with Crippen LogP contribution in [0.4, 0.5) is 0 Å². The zero-order valence-electron chi connectivity index (χ0n) is 24.0. The van der Waals surface area contributed by atoms with E-state index in [-0.39, 0.29) is 20.1 Å². The van der Waals surface area contributed by atoms with Crippen molar-refractivity contribution >= 4 is 11.8 Å². The molecule has 4 heteroatoms. The second kappa shape index (κ2) is 13.0. The number of aryl methyl sites for hydroxylation is 4. The summed E-state index contributed by atoms with van der Waals surface area (Å²) in [5.74, 6) is 0. The molecule has 2 nitrogen and oxygen atoms in total. The summed E-state index contributed by atoms with van der Waals surface area (Å²) in [5, 5.41) is 0. The number of hydrogen-bond donors (Lipinski definition) is 0. The average Bonchev–Trinajstić information content (AvgIpc) is 3.14. The Morgan fingerprint density at radius 3 is 2.12 bits per heavy atom. The van der Waals surface area contributed by atoms with Crippen LogP contribution < -0.4 is 0 Å². The molecule has 0 atom stereocenters. The van der Waals surface area contributed by atoms with Gasteiger partial charge in [0.05, 0.1) is 0 Å². The molecule has 3 heterocycles. The molecule has 7 rings (SSSR count). The van der Waals surface area contributed by atoms with Crippen LogP contribution in [-0.2, 0) is 20.1 Å². The molecule has 0 spiro atoms. The minimum atomic E-state index is 0. The molecule has 1 aliphatic rings. The van der Waals surface area contributed by atoms with Crippen molar-refractivity contribution in [3.63, 3.8) is 0 Å². The molecular formula is C38H30IrN2S-2. The van der Waals surface area contributed by atoms with Gasteiger partial charge in [0.2, 0.25) is 0 Å². The van der Waals surface area contributed by atoms with Gasteiger partial charge in [0.15, 0.2) is 0 Å². The van der Waals surface area contributed by atoms with E-state index in [0.29, 0.717) is 0 Å². The molecule has 209 valence electrons. The van der Waals surface area contributed by atoms with E-state index in [9.17, 15) is 0 Å². The van der Waals surface area contributed by atoms with Gasteiger partial charge in [0.1, 0.15) is 0 Å². The molecule has 0 bridgehead atoms. The van der Waals surface area contributed by atoms with Crippen molar-refractivity contribution < 1.29 is 20.1 Å². The van der Waals surface area contributed by atoms with Gasteiger partial charge in [0, 0.05) is 37.4 Å². The van der Waals surface area contributed by atoms with Crippen LogP contribution in [0.5, 0.6) is 0 Å². The molecular weight excluding hydrogens is 709 g/mol. The quantitative estimate of drug-likeness (QED) is 0.165. The van der Waals surface area contributed by atoms with E-state index in [1.807, 2.05) is 48.4 Å². The van der Waals surface area contributed by atoms with Gasteiger partial charge in [-0.2, -0.15) is 0 Å². The molecule has 0 aliphatic carbocycles. The Bertz CT molecular complexity index is 1850. The van der Waals surface area contributed by atoms with E-state index < -0.39 is 0 Å². The number of nitrogens with zero attached hydrogens (tertiary/aromatic N) is 2. The average molecular weight is 739 g/mol. The summed E-state index contributed by atoms with van der Waals surface area (Å²) in [6, 6.07) is 40.4. The molecule has 0 amide bonds. The zero-order chi connectivity index (χ0) is 28.3. The SMILES string of the molecule is Cc1ccc(-c2[c-]cc3c(c2)-c2c(C)cccc2-c2ccccc2S3)nc1.Cc1cnc(-c2[c-]cccc2)cc1C.[Ir]. The molecule has 0 saturated carbocycles. The van der Waals surface area contributed by atoms with Gasteiger partial charge in [-0.05, 0) is 78.5 Å². The molecule has 1 aliphatic heterocycles. The first-order chi connectivity index (χ1) is 20.0. The van der Waals surface area contributed by atoms with Gasteiger partial charge in [-0.25, -0.2) is 0 Å². The maximum atomic E-state index is 4.60. The number of hydrogen-bond acceptors (Lipinski definition) is 3. The maximum absolute atomic E-state index is 4.60. The maximum Gasteiger partial charge on any atom is 0.0192 e. The van der Waals surface area contributed by atoms with Crippen molar-refractivity contribution in [1.29, 1.82) is 0 Å². The first kappa shape index (κ1) is 29.7. The van der Waals surface area contributed by atoms with Crippen LogP contribution >= 0.6 is 11.8 Å². The van der Waals surface area contributed by atoms with Gasteiger partial charge >= 0.3 is 0 Å². The largest absolute Gasteiger partial charge is 0.304 e. The van der Waals surface area contributed by atoms with Crippen molar-refractivity contribution in [3.05, 3.63) is 144 Å². The predicted molar refractivity (Wildman–Crippen MR) is 171 cm³/mol. The second-order valence-electron chi connectivity index (χ2n) is 10.4. The molecule has 6 aromatic rings. The monoisotopic (exact) mass is 739 g/mol. The molecule has 2 aromatic heterocycles. The van der Waals surface area contributed by atoms with Gasteiger partial charge in [-0.3, -0.25) is 0 Å². The molecule has 0 unspecified atom stereocenters. The first-order valence-corrected chi connectivity index (χ1v) is 14.6. The van der Waals surface area contributed by atoms with E-state index in [1.54, 1.807) is 0 Å². The van der Waals surface area contributed by atoms with Crippen molar-refractivity contribution in [1.82, 2.24) is 9.97 Å². The van der Waals surface area contributed by atoms with Crippen LogP contribution in [-0.4, -0.2) is 9.97 Å². The van der Waals surface area contributed by atoms with E-state index in [1.165, 1.54) is 54.3 Å². The van der Waals surface area contributed by atoms with E-state index in [4.69, 9.17) is 0 Å². The first-order valence-electron chi connectivity index (χ1n) is 13.7. The Balaban J connectivity index is 0.000000200. The minimum Gasteiger partial charge on any atom is -0.304 e. The summed E-state index contributed by atoms with van der Waals surface area (Å²) < 4.78 is 0. The molecule has 1 radical (unpaired) electrons. The number of fused-ring (bicyclic) bond motifs is 5. The summed E-state index contributed by atoms with van der Waals surface area (Å²) in [5.41, 5.74) is 14.2. The van der Waals surface area contributed by atoms with E-state index in [2.05, 4.69) is 123 Å². The topological polar surface area (TPSA) is 25.8 Å². The predicted octanol–water partition coefficient (Wildman–Crippen LogP) is 10.1. The Labute approximate surface area is 266 Å². The third-order valence-electron chi connectivity index (χ3n) is 7.40. The van der Waals surface area contributed by atoms with Crippen LogP contribution in [0.1, 0.15) is 22.3 Å². The summed E-state index contributed by atoms with van der Waals surface area (Å²) >= 11 is 1.82. The minimum absolute atomic E-state index is 0. The number of pyridine rings is 2. The Kier molecular flexibility index (Phi) is 9.18. The van der Waals surface area contributed by atoms with E-state index in [0.717, 1.165) is 22.5 Å². The van der Waals surface area contributed by atoms with Gasteiger partial charge < -0.3 is 9.97 Å². The van der Waals surface area contributed by atoms with Crippen LogP contribution in [0.2, 0.25) is 0 Å². The fourth-order valence-electron chi connectivity index (χ4n) is 5.00. The van der Waals surface area contributed by atoms with Gasteiger partial charge in [-0.1, -0.05) is 70.6 Å². The standard InChI is InChI=1S/C25H18NS.C13H12N.Ir/c1-16-10-12-22(26-15-16)18-11-13-24-21(14-18)25-17(2)6-5-8-20(25)19-7-3-4-9-23(19)27-24;1-10-8-13(14-9-11(10)2)12-6-4-3-5-7-12;/h3-10,12-15H,1-2H3;3-6,8-9H,1-2H3;/q2*-1;. The summed E-state index contributed by atoms with van der Waals surface area (Å²) in [6.07, 6.45) is 3.82. The molecule has 0 saturated heterocycles. The number of benzene rings is 4. The fourth-order valence-corrected chi connectivity index (χ4v) is 6.06. The van der Waals surface area contributed by atoms with Crippen LogP contribution in [0.25, 0.3) is 44.8 Å². The number of aromatic nitrogens is 2.